The summed E-state index contributed by atoms with van der Waals surface area (Å²) in [5.41, 5.74) is 5.19. The Bertz CT molecular complexity index is 809. The number of carbonyl (C=O) groups is 1. The van der Waals surface area contributed by atoms with Gasteiger partial charge in [0.15, 0.2) is 0 Å². The maximum Gasteiger partial charge on any atom is 0.317 e. The lowest BCUT2D eigenvalue weighted by atomic mass is 9.95. The van der Waals surface area contributed by atoms with Crippen LogP contribution in [0, 0.1) is 6.92 Å². The summed E-state index contributed by atoms with van der Waals surface area (Å²) in [4.78, 5) is 17.5. The Kier molecular flexibility index (Phi) is 7.06. The third kappa shape index (κ3) is 5.42. The zero-order valence-corrected chi connectivity index (χ0v) is 18.3. The number of carbonyl (C=O) groups excluding carboxylic acids is 1. The Labute approximate surface area is 181 Å². The number of rotatable bonds is 6. The maximum atomic E-state index is 12.9. The van der Waals surface area contributed by atoms with Crippen LogP contribution in [-0.4, -0.2) is 42.0 Å². The summed E-state index contributed by atoms with van der Waals surface area (Å²) in [5.74, 6) is 0. The normalized spacial score (nSPS) is 19.8. The molecule has 4 rings (SSSR count). The summed E-state index contributed by atoms with van der Waals surface area (Å²) in [6.07, 6.45) is 6.87. The number of nitrogens with zero attached hydrogens (tertiary/aromatic N) is 2. The molecule has 4 nitrogen and oxygen atoms in total. The van der Waals surface area contributed by atoms with Crippen molar-refractivity contribution in [3.8, 4) is 0 Å². The molecule has 2 aromatic rings. The minimum atomic E-state index is 0.0749. The van der Waals surface area contributed by atoms with E-state index in [1.54, 1.807) is 0 Å². The molecule has 2 saturated heterocycles. The molecule has 160 valence electrons. The Balaban J connectivity index is 1.27. The first-order valence-corrected chi connectivity index (χ1v) is 11.6. The maximum absolute atomic E-state index is 12.9. The van der Waals surface area contributed by atoms with E-state index in [4.69, 9.17) is 0 Å². The number of piperidine rings is 1. The Morgan fingerprint density at radius 2 is 1.57 bits per heavy atom. The monoisotopic (exact) mass is 405 g/mol. The van der Waals surface area contributed by atoms with E-state index in [1.165, 1.54) is 54.6 Å². The topological polar surface area (TPSA) is 35.6 Å². The van der Waals surface area contributed by atoms with Gasteiger partial charge in [0.1, 0.15) is 0 Å². The van der Waals surface area contributed by atoms with Crippen LogP contribution in [0.4, 0.5) is 4.79 Å². The van der Waals surface area contributed by atoms with Gasteiger partial charge in [-0.25, -0.2) is 4.79 Å². The number of aryl methyl sites for hydroxylation is 1. The molecule has 2 aromatic carbocycles. The first kappa shape index (κ1) is 20.9. The number of likely N-dealkylation sites (tertiary alicyclic amines) is 2. The van der Waals surface area contributed by atoms with Crippen molar-refractivity contribution in [2.24, 2.45) is 0 Å². The lowest BCUT2D eigenvalue weighted by Crippen LogP contribution is -2.45. The van der Waals surface area contributed by atoms with E-state index in [2.05, 4.69) is 65.7 Å². The molecule has 2 heterocycles. The van der Waals surface area contributed by atoms with Crippen LogP contribution in [0.25, 0.3) is 0 Å². The van der Waals surface area contributed by atoms with Gasteiger partial charge in [0.05, 0.1) is 6.04 Å². The quantitative estimate of drug-likeness (QED) is 0.728. The molecule has 1 N–H and O–H groups in total. The molecule has 0 aromatic heterocycles. The number of hydrogen-bond donors (Lipinski definition) is 1. The van der Waals surface area contributed by atoms with E-state index in [0.29, 0.717) is 6.54 Å². The highest BCUT2D eigenvalue weighted by Gasteiger charge is 2.27. The van der Waals surface area contributed by atoms with Gasteiger partial charge in [0.2, 0.25) is 0 Å². The molecule has 2 aliphatic heterocycles. The molecule has 2 aliphatic rings. The number of urea groups is 1. The molecule has 4 heteroatoms. The summed E-state index contributed by atoms with van der Waals surface area (Å²) in [6, 6.07) is 17.8. The van der Waals surface area contributed by atoms with Crippen molar-refractivity contribution in [2.75, 3.05) is 26.2 Å². The zero-order chi connectivity index (χ0) is 20.8. The van der Waals surface area contributed by atoms with E-state index in [0.717, 1.165) is 32.4 Å². The average molecular weight is 406 g/mol. The standard InChI is InChI=1S/C26H35N3O/c1-21-7-13-24(14-8-21)25-6-2-3-19-29(25)26(30)27-16-15-22-9-11-23(12-10-22)20-28-17-4-5-18-28/h7-14,25H,2-6,15-20H2,1H3,(H,27,30). The minimum absolute atomic E-state index is 0.0749. The second-order valence-electron chi connectivity index (χ2n) is 8.90. The van der Waals surface area contributed by atoms with Crippen molar-refractivity contribution in [2.45, 2.75) is 58.0 Å². The average Bonchev–Trinajstić information content (AvgIpc) is 3.28. The van der Waals surface area contributed by atoms with Crippen LogP contribution in [0.15, 0.2) is 48.5 Å². The van der Waals surface area contributed by atoms with Crippen LogP contribution in [0.1, 0.15) is 60.4 Å². The SMILES string of the molecule is Cc1ccc(C2CCCCN2C(=O)NCCc2ccc(CN3CCCC3)cc2)cc1. The van der Waals surface area contributed by atoms with Gasteiger partial charge >= 0.3 is 6.03 Å². The van der Waals surface area contributed by atoms with Crippen LogP contribution in [-0.2, 0) is 13.0 Å². The molecule has 0 spiro atoms. The summed E-state index contributed by atoms with van der Waals surface area (Å²) in [7, 11) is 0. The number of amides is 2. The van der Waals surface area contributed by atoms with Gasteiger partial charge in [-0.15, -0.1) is 0 Å². The first-order valence-electron chi connectivity index (χ1n) is 11.6. The zero-order valence-electron chi connectivity index (χ0n) is 18.3. The number of hydrogen-bond acceptors (Lipinski definition) is 2. The summed E-state index contributed by atoms with van der Waals surface area (Å²) < 4.78 is 0. The van der Waals surface area contributed by atoms with Crippen LogP contribution in [0.5, 0.6) is 0 Å². The van der Waals surface area contributed by atoms with Crippen molar-refractivity contribution in [1.29, 1.82) is 0 Å². The van der Waals surface area contributed by atoms with Crippen molar-refractivity contribution in [1.82, 2.24) is 15.1 Å². The lowest BCUT2D eigenvalue weighted by molar-refractivity contribution is 0.151. The van der Waals surface area contributed by atoms with E-state index in [-0.39, 0.29) is 12.1 Å². The van der Waals surface area contributed by atoms with E-state index < -0.39 is 0 Å². The highest BCUT2D eigenvalue weighted by Crippen LogP contribution is 2.31. The fourth-order valence-corrected chi connectivity index (χ4v) is 4.74. The second kappa shape index (κ2) is 10.1. The Hall–Kier alpha value is -2.33. The fraction of sp³-hybridized carbons (Fsp3) is 0.500. The first-order chi connectivity index (χ1) is 14.7. The predicted octanol–water partition coefficient (Wildman–Crippen LogP) is 5.07. The third-order valence-corrected chi connectivity index (χ3v) is 6.54. The number of benzene rings is 2. The summed E-state index contributed by atoms with van der Waals surface area (Å²) in [6.45, 7) is 7.15. The molecule has 2 fully saturated rings. The molecule has 0 aliphatic carbocycles. The van der Waals surface area contributed by atoms with Gasteiger partial charge in [-0.1, -0.05) is 54.1 Å². The van der Waals surface area contributed by atoms with Crippen molar-refractivity contribution in [3.63, 3.8) is 0 Å². The van der Waals surface area contributed by atoms with Crippen LogP contribution in [0.3, 0.4) is 0 Å². The van der Waals surface area contributed by atoms with Gasteiger partial charge in [0.25, 0.3) is 0 Å². The van der Waals surface area contributed by atoms with Gasteiger partial charge in [-0.2, -0.15) is 0 Å². The van der Waals surface area contributed by atoms with E-state index in [9.17, 15) is 4.79 Å². The smallest absolute Gasteiger partial charge is 0.317 e. The molecular weight excluding hydrogens is 370 g/mol. The molecule has 0 bridgehead atoms. The second-order valence-corrected chi connectivity index (χ2v) is 8.90. The molecule has 0 radical (unpaired) electrons. The van der Waals surface area contributed by atoms with E-state index >= 15 is 0 Å². The molecule has 30 heavy (non-hydrogen) atoms. The molecule has 1 unspecified atom stereocenters. The predicted molar refractivity (Wildman–Crippen MR) is 123 cm³/mol. The Morgan fingerprint density at radius 3 is 2.30 bits per heavy atom. The highest BCUT2D eigenvalue weighted by atomic mass is 16.2. The van der Waals surface area contributed by atoms with Gasteiger partial charge < -0.3 is 10.2 Å². The summed E-state index contributed by atoms with van der Waals surface area (Å²) in [5, 5.41) is 3.16. The molecule has 2 amide bonds. The minimum Gasteiger partial charge on any atom is -0.338 e. The van der Waals surface area contributed by atoms with Gasteiger partial charge in [0, 0.05) is 19.6 Å². The van der Waals surface area contributed by atoms with Crippen molar-refractivity contribution < 1.29 is 4.79 Å². The van der Waals surface area contributed by atoms with Gasteiger partial charge in [-0.3, -0.25) is 4.90 Å². The van der Waals surface area contributed by atoms with E-state index in [1.807, 2.05) is 4.90 Å². The van der Waals surface area contributed by atoms with Crippen LogP contribution >= 0.6 is 0 Å². The lowest BCUT2D eigenvalue weighted by Gasteiger charge is -2.36. The Morgan fingerprint density at radius 1 is 0.900 bits per heavy atom. The van der Waals surface area contributed by atoms with Crippen molar-refractivity contribution >= 4 is 6.03 Å². The highest BCUT2D eigenvalue weighted by molar-refractivity contribution is 5.75. The molecule has 1 atom stereocenters. The van der Waals surface area contributed by atoms with Gasteiger partial charge in [-0.05, 0) is 75.2 Å². The molecular formula is C26H35N3O. The fourth-order valence-electron chi connectivity index (χ4n) is 4.74. The van der Waals surface area contributed by atoms with Crippen LogP contribution < -0.4 is 5.32 Å². The van der Waals surface area contributed by atoms with Crippen LogP contribution in [0.2, 0.25) is 0 Å². The number of nitrogens with one attached hydrogen (secondary N) is 1. The third-order valence-electron chi connectivity index (χ3n) is 6.54. The largest absolute Gasteiger partial charge is 0.338 e. The molecule has 0 saturated carbocycles. The summed E-state index contributed by atoms with van der Waals surface area (Å²) >= 11 is 0. The van der Waals surface area contributed by atoms with Crippen molar-refractivity contribution in [3.05, 3.63) is 70.8 Å².